The van der Waals surface area contributed by atoms with Crippen LogP contribution in [0.5, 0.6) is 0 Å². The second kappa shape index (κ2) is 9.26. The van der Waals surface area contributed by atoms with Crippen molar-refractivity contribution in [3.63, 3.8) is 0 Å². The zero-order valence-electron chi connectivity index (χ0n) is 14.2. The number of carbonyl (C=O) groups excluding carboxylic acids is 3. The molecule has 0 unspecified atom stereocenters. The van der Waals surface area contributed by atoms with Crippen molar-refractivity contribution >= 4 is 33.7 Å². The molecular weight excluding hydrogens is 398 g/mol. The molecule has 3 amide bonds. The topological polar surface area (TPSA) is 101 Å². The minimum Gasteiger partial charge on any atom is -0.344 e. The first-order valence-electron chi connectivity index (χ1n) is 8.06. The summed E-state index contributed by atoms with van der Waals surface area (Å²) in [7, 11) is 0. The second-order valence-electron chi connectivity index (χ2n) is 5.84. The number of hydrogen-bond donors (Lipinski definition) is 3. The summed E-state index contributed by atoms with van der Waals surface area (Å²) in [6.45, 7) is 1.51. The number of benzene rings is 2. The zero-order chi connectivity index (χ0) is 19.1. The Morgan fingerprint density at radius 3 is 2.38 bits per heavy atom. The Morgan fingerprint density at radius 2 is 1.73 bits per heavy atom. The van der Waals surface area contributed by atoms with Crippen molar-refractivity contribution in [2.24, 2.45) is 5.73 Å². The van der Waals surface area contributed by atoms with Crippen LogP contribution in [-0.2, 0) is 20.8 Å². The normalized spacial score (nSPS) is 12.7. The van der Waals surface area contributed by atoms with Gasteiger partial charge in [0.05, 0.1) is 6.42 Å². The van der Waals surface area contributed by atoms with E-state index in [1.165, 1.54) is 6.92 Å². The first kappa shape index (κ1) is 19.8. The summed E-state index contributed by atoms with van der Waals surface area (Å²) >= 11 is 3.34. The van der Waals surface area contributed by atoms with Gasteiger partial charge in [-0.05, 0) is 30.2 Å². The summed E-state index contributed by atoms with van der Waals surface area (Å²) < 4.78 is 0.870. The molecule has 0 aromatic heterocycles. The maximum atomic E-state index is 12.1. The van der Waals surface area contributed by atoms with Crippen molar-refractivity contribution in [2.75, 3.05) is 0 Å². The third kappa shape index (κ3) is 5.79. The molecule has 0 spiro atoms. The molecule has 136 valence electrons. The minimum atomic E-state index is -0.954. The summed E-state index contributed by atoms with van der Waals surface area (Å²) in [4.78, 5) is 36.3. The van der Waals surface area contributed by atoms with Gasteiger partial charge in [0.2, 0.25) is 17.7 Å². The van der Waals surface area contributed by atoms with Crippen LogP contribution >= 0.6 is 15.9 Å². The van der Waals surface area contributed by atoms with E-state index >= 15 is 0 Å². The third-order valence-electron chi connectivity index (χ3n) is 3.71. The lowest BCUT2D eigenvalue weighted by molar-refractivity contribution is -0.134. The molecule has 2 atom stereocenters. The van der Waals surface area contributed by atoms with Crippen molar-refractivity contribution in [2.45, 2.75) is 25.4 Å². The Hall–Kier alpha value is -2.51. The number of halogens is 1. The highest BCUT2D eigenvalue weighted by Gasteiger charge is 2.22. The fourth-order valence-electron chi connectivity index (χ4n) is 2.31. The Bertz CT molecular complexity index is 796. The lowest BCUT2D eigenvalue weighted by Gasteiger charge is -2.16. The number of amides is 3. The van der Waals surface area contributed by atoms with Crippen LogP contribution in [0.2, 0.25) is 0 Å². The Morgan fingerprint density at radius 1 is 1.04 bits per heavy atom. The van der Waals surface area contributed by atoms with E-state index in [4.69, 9.17) is 5.73 Å². The number of nitrogens with two attached hydrogens (primary N) is 1. The van der Waals surface area contributed by atoms with Crippen LogP contribution in [0.3, 0.4) is 0 Å². The fourth-order valence-corrected chi connectivity index (χ4v) is 2.76. The number of carbonyl (C=O) groups is 3. The van der Waals surface area contributed by atoms with Crippen LogP contribution in [0.15, 0.2) is 59.1 Å². The van der Waals surface area contributed by atoms with Gasteiger partial charge in [0, 0.05) is 4.47 Å². The van der Waals surface area contributed by atoms with Gasteiger partial charge in [0.1, 0.15) is 12.1 Å². The van der Waals surface area contributed by atoms with Gasteiger partial charge in [-0.1, -0.05) is 58.4 Å². The zero-order valence-corrected chi connectivity index (χ0v) is 15.8. The Balaban J connectivity index is 1.86. The van der Waals surface area contributed by atoms with Gasteiger partial charge in [-0.15, -0.1) is 0 Å². The van der Waals surface area contributed by atoms with E-state index in [1.807, 2.05) is 30.3 Å². The van der Waals surface area contributed by atoms with E-state index in [0.29, 0.717) is 5.56 Å². The number of nitrogens with one attached hydrogen (secondary N) is 2. The van der Waals surface area contributed by atoms with Crippen LogP contribution in [0.25, 0.3) is 0 Å². The predicted octanol–water partition coefficient (Wildman–Crippen LogP) is 1.84. The van der Waals surface area contributed by atoms with Crippen LogP contribution in [0, 0.1) is 0 Å². The van der Waals surface area contributed by atoms with Crippen molar-refractivity contribution in [3.8, 4) is 0 Å². The van der Waals surface area contributed by atoms with E-state index in [-0.39, 0.29) is 12.3 Å². The average molecular weight is 418 g/mol. The van der Waals surface area contributed by atoms with Crippen molar-refractivity contribution < 1.29 is 14.4 Å². The molecule has 6 nitrogen and oxygen atoms in total. The molecule has 0 aliphatic carbocycles. The smallest absolute Gasteiger partial charge is 0.248 e. The van der Waals surface area contributed by atoms with Crippen LogP contribution < -0.4 is 16.4 Å². The molecular formula is C19H20BrN3O3. The second-order valence-corrected chi connectivity index (χ2v) is 6.75. The van der Waals surface area contributed by atoms with Crippen LogP contribution in [0.1, 0.15) is 24.1 Å². The van der Waals surface area contributed by atoms with E-state index in [2.05, 4.69) is 26.6 Å². The molecule has 0 heterocycles. The van der Waals surface area contributed by atoms with Gasteiger partial charge < -0.3 is 11.1 Å². The largest absolute Gasteiger partial charge is 0.344 e. The van der Waals surface area contributed by atoms with Gasteiger partial charge in [0.25, 0.3) is 0 Å². The van der Waals surface area contributed by atoms with E-state index in [1.54, 1.807) is 24.3 Å². The minimum absolute atomic E-state index is 0.133. The van der Waals surface area contributed by atoms with E-state index < -0.39 is 23.9 Å². The summed E-state index contributed by atoms with van der Waals surface area (Å²) in [5.74, 6) is -1.54. The maximum absolute atomic E-state index is 12.1. The highest BCUT2D eigenvalue weighted by molar-refractivity contribution is 9.10. The Labute approximate surface area is 160 Å². The Kier molecular flexibility index (Phi) is 7.06. The molecule has 0 radical (unpaired) electrons. The van der Waals surface area contributed by atoms with Crippen molar-refractivity contribution in [1.29, 1.82) is 0 Å². The monoisotopic (exact) mass is 417 g/mol. The van der Waals surface area contributed by atoms with Crippen molar-refractivity contribution in [1.82, 2.24) is 10.6 Å². The highest BCUT2D eigenvalue weighted by atomic mass is 79.9. The lowest BCUT2D eigenvalue weighted by atomic mass is 10.1. The molecule has 0 saturated heterocycles. The van der Waals surface area contributed by atoms with Crippen LogP contribution in [0.4, 0.5) is 0 Å². The molecule has 26 heavy (non-hydrogen) atoms. The van der Waals surface area contributed by atoms with Crippen LogP contribution in [-0.4, -0.2) is 23.8 Å². The van der Waals surface area contributed by atoms with E-state index in [0.717, 1.165) is 10.0 Å². The molecule has 2 aromatic carbocycles. The van der Waals surface area contributed by atoms with Crippen molar-refractivity contribution in [3.05, 3.63) is 70.2 Å². The van der Waals surface area contributed by atoms with Gasteiger partial charge >= 0.3 is 0 Å². The summed E-state index contributed by atoms with van der Waals surface area (Å²) in [6.07, 6.45) is 0.133. The standard InChI is InChI=1S/C19H20BrN3O3/c1-12(22-16(24)11-13-6-5-9-15(20)10-13)18(25)23-19(26)17(21)14-7-3-2-4-8-14/h2-10,12,17H,11,21H2,1H3,(H,22,24)(H,23,25,26)/t12-,17+/m0/s1. The summed E-state index contributed by atoms with van der Waals surface area (Å²) in [5, 5.41) is 4.80. The quantitative estimate of drug-likeness (QED) is 0.667. The van der Waals surface area contributed by atoms with Gasteiger partial charge in [0.15, 0.2) is 0 Å². The third-order valence-corrected chi connectivity index (χ3v) is 4.21. The molecule has 7 heteroatoms. The van der Waals surface area contributed by atoms with Gasteiger partial charge in [-0.2, -0.15) is 0 Å². The molecule has 0 fully saturated rings. The molecule has 0 bridgehead atoms. The molecule has 2 rings (SSSR count). The maximum Gasteiger partial charge on any atom is 0.248 e. The molecule has 4 N–H and O–H groups in total. The molecule has 0 aliphatic heterocycles. The van der Waals surface area contributed by atoms with Gasteiger partial charge in [-0.25, -0.2) is 0 Å². The highest BCUT2D eigenvalue weighted by Crippen LogP contribution is 2.12. The lowest BCUT2D eigenvalue weighted by Crippen LogP contribution is -2.49. The molecule has 2 aromatic rings. The predicted molar refractivity (Wildman–Crippen MR) is 102 cm³/mol. The van der Waals surface area contributed by atoms with Gasteiger partial charge in [-0.3, -0.25) is 19.7 Å². The average Bonchev–Trinajstić information content (AvgIpc) is 2.61. The number of hydrogen-bond acceptors (Lipinski definition) is 4. The summed E-state index contributed by atoms with van der Waals surface area (Å²) in [5.41, 5.74) is 7.26. The SMILES string of the molecule is C[C@H](NC(=O)Cc1cccc(Br)c1)C(=O)NC(=O)[C@H](N)c1ccccc1. The fraction of sp³-hybridized carbons (Fsp3) is 0.211. The summed E-state index contributed by atoms with van der Waals surface area (Å²) in [6, 6.07) is 14.3. The number of rotatable bonds is 6. The molecule has 0 saturated carbocycles. The first-order chi connectivity index (χ1) is 12.4. The van der Waals surface area contributed by atoms with E-state index in [9.17, 15) is 14.4 Å². The molecule has 0 aliphatic rings. The first-order valence-corrected chi connectivity index (χ1v) is 8.85. The number of imide groups is 1.